The summed E-state index contributed by atoms with van der Waals surface area (Å²) >= 11 is 1.69. The van der Waals surface area contributed by atoms with Crippen LogP contribution in [0.15, 0.2) is 0 Å². The summed E-state index contributed by atoms with van der Waals surface area (Å²) in [4.78, 5) is 0. The average molecular weight is 239 g/mol. The first-order valence-corrected chi connectivity index (χ1v) is 7.01. The van der Waals surface area contributed by atoms with Crippen molar-refractivity contribution in [3.8, 4) is 0 Å². The number of rotatable bonds is 3. The molecule has 90 valence electrons. The van der Waals surface area contributed by atoms with E-state index in [9.17, 15) is 0 Å². The van der Waals surface area contributed by atoms with Crippen LogP contribution in [-0.4, -0.2) is 16.2 Å². The SMILES string of the molecule is Cc1nnc(CN[C@@H]2CCC[C@@H](C)[C@@H]2C)s1. The van der Waals surface area contributed by atoms with Gasteiger partial charge in [0.15, 0.2) is 0 Å². The van der Waals surface area contributed by atoms with E-state index in [1.54, 1.807) is 11.3 Å². The molecule has 0 saturated heterocycles. The molecule has 0 unspecified atom stereocenters. The van der Waals surface area contributed by atoms with Crippen molar-refractivity contribution in [2.24, 2.45) is 11.8 Å². The first-order chi connectivity index (χ1) is 7.66. The van der Waals surface area contributed by atoms with Gasteiger partial charge in [-0.25, -0.2) is 0 Å². The van der Waals surface area contributed by atoms with Crippen LogP contribution in [0.4, 0.5) is 0 Å². The molecule has 2 rings (SSSR count). The van der Waals surface area contributed by atoms with Gasteiger partial charge in [0.2, 0.25) is 0 Å². The minimum absolute atomic E-state index is 0.660. The minimum atomic E-state index is 0.660. The fourth-order valence-corrected chi connectivity index (χ4v) is 3.16. The second-order valence-corrected chi connectivity index (χ2v) is 6.24. The van der Waals surface area contributed by atoms with Crippen LogP contribution in [-0.2, 0) is 6.54 Å². The van der Waals surface area contributed by atoms with Gasteiger partial charge in [-0.3, -0.25) is 0 Å². The van der Waals surface area contributed by atoms with Crippen molar-refractivity contribution in [3.63, 3.8) is 0 Å². The van der Waals surface area contributed by atoms with E-state index in [1.165, 1.54) is 19.3 Å². The predicted molar refractivity (Wildman–Crippen MR) is 67.5 cm³/mol. The largest absolute Gasteiger partial charge is 0.307 e. The van der Waals surface area contributed by atoms with E-state index in [4.69, 9.17) is 0 Å². The van der Waals surface area contributed by atoms with Gasteiger partial charge < -0.3 is 5.32 Å². The van der Waals surface area contributed by atoms with E-state index in [0.29, 0.717) is 6.04 Å². The van der Waals surface area contributed by atoms with Crippen LogP contribution in [0.3, 0.4) is 0 Å². The molecule has 1 aliphatic rings. The summed E-state index contributed by atoms with van der Waals surface area (Å²) in [7, 11) is 0. The number of nitrogens with one attached hydrogen (secondary N) is 1. The van der Waals surface area contributed by atoms with Crippen molar-refractivity contribution >= 4 is 11.3 Å². The zero-order valence-corrected chi connectivity index (χ0v) is 11.2. The lowest BCUT2D eigenvalue weighted by atomic mass is 9.78. The smallest absolute Gasteiger partial charge is 0.131 e. The Bertz CT molecular complexity index is 337. The van der Waals surface area contributed by atoms with Crippen molar-refractivity contribution in [2.75, 3.05) is 0 Å². The van der Waals surface area contributed by atoms with Crippen molar-refractivity contribution in [3.05, 3.63) is 10.0 Å². The van der Waals surface area contributed by atoms with Gasteiger partial charge in [-0.2, -0.15) is 0 Å². The molecule has 1 fully saturated rings. The maximum absolute atomic E-state index is 4.15. The average Bonchev–Trinajstić information content (AvgIpc) is 2.67. The van der Waals surface area contributed by atoms with Crippen LogP contribution >= 0.6 is 11.3 Å². The molecule has 3 nitrogen and oxygen atoms in total. The van der Waals surface area contributed by atoms with Gasteiger partial charge in [-0.15, -0.1) is 21.5 Å². The number of aryl methyl sites for hydroxylation is 1. The molecule has 0 spiro atoms. The summed E-state index contributed by atoms with van der Waals surface area (Å²) in [5, 5.41) is 14.0. The highest BCUT2D eigenvalue weighted by Crippen LogP contribution is 2.29. The van der Waals surface area contributed by atoms with Crippen LogP contribution < -0.4 is 5.32 Å². The van der Waals surface area contributed by atoms with Gasteiger partial charge in [0, 0.05) is 12.6 Å². The fraction of sp³-hybridized carbons (Fsp3) is 0.833. The van der Waals surface area contributed by atoms with E-state index in [1.807, 2.05) is 6.92 Å². The van der Waals surface area contributed by atoms with Crippen LogP contribution in [0.25, 0.3) is 0 Å². The van der Waals surface area contributed by atoms with Gasteiger partial charge in [-0.1, -0.05) is 26.7 Å². The predicted octanol–water partition coefficient (Wildman–Crippen LogP) is 2.76. The number of aromatic nitrogens is 2. The van der Waals surface area contributed by atoms with Gasteiger partial charge >= 0.3 is 0 Å². The molecule has 1 aromatic rings. The van der Waals surface area contributed by atoms with Gasteiger partial charge in [0.05, 0.1) is 0 Å². The molecule has 1 saturated carbocycles. The van der Waals surface area contributed by atoms with E-state index in [0.717, 1.165) is 28.4 Å². The fourth-order valence-electron chi connectivity index (χ4n) is 2.50. The molecule has 0 amide bonds. The first kappa shape index (κ1) is 12.0. The topological polar surface area (TPSA) is 37.8 Å². The third kappa shape index (κ3) is 2.80. The molecule has 1 aliphatic carbocycles. The Balaban J connectivity index is 1.85. The number of hydrogen-bond acceptors (Lipinski definition) is 4. The van der Waals surface area contributed by atoms with E-state index in [-0.39, 0.29) is 0 Å². The highest BCUT2D eigenvalue weighted by atomic mass is 32.1. The number of nitrogens with zero attached hydrogens (tertiary/aromatic N) is 2. The molecule has 1 aromatic heterocycles. The normalized spacial score (nSPS) is 30.6. The molecule has 0 radical (unpaired) electrons. The summed E-state index contributed by atoms with van der Waals surface area (Å²) in [6, 6.07) is 0.660. The maximum Gasteiger partial charge on any atom is 0.131 e. The van der Waals surface area contributed by atoms with Crippen LogP contribution in [0.2, 0.25) is 0 Å². The summed E-state index contributed by atoms with van der Waals surface area (Å²) in [6.07, 6.45) is 4.05. The van der Waals surface area contributed by atoms with E-state index in [2.05, 4.69) is 29.4 Å². The van der Waals surface area contributed by atoms with Crippen LogP contribution in [0.5, 0.6) is 0 Å². The zero-order chi connectivity index (χ0) is 11.5. The molecular weight excluding hydrogens is 218 g/mol. The Labute approximate surface area is 102 Å². The molecule has 3 atom stereocenters. The molecule has 16 heavy (non-hydrogen) atoms. The van der Waals surface area contributed by atoms with Crippen molar-refractivity contribution in [1.82, 2.24) is 15.5 Å². The minimum Gasteiger partial charge on any atom is -0.307 e. The molecule has 0 aliphatic heterocycles. The van der Waals surface area contributed by atoms with Gasteiger partial charge in [0.1, 0.15) is 10.0 Å². The Morgan fingerprint density at radius 1 is 1.31 bits per heavy atom. The van der Waals surface area contributed by atoms with E-state index < -0.39 is 0 Å². The second kappa shape index (κ2) is 5.23. The van der Waals surface area contributed by atoms with Crippen molar-refractivity contribution in [2.45, 2.75) is 52.6 Å². The summed E-state index contributed by atoms with van der Waals surface area (Å²) < 4.78 is 0. The lowest BCUT2D eigenvalue weighted by Crippen LogP contribution is -2.40. The highest BCUT2D eigenvalue weighted by Gasteiger charge is 2.26. The molecular formula is C12H21N3S. The summed E-state index contributed by atoms with van der Waals surface area (Å²) in [6.45, 7) is 7.63. The second-order valence-electron chi connectivity index (χ2n) is 4.97. The maximum atomic E-state index is 4.15. The Kier molecular flexibility index (Phi) is 3.92. The van der Waals surface area contributed by atoms with E-state index >= 15 is 0 Å². The Morgan fingerprint density at radius 3 is 2.81 bits per heavy atom. The lowest BCUT2D eigenvalue weighted by molar-refractivity contribution is 0.206. The number of hydrogen-bond donors (Lipinski definition) is 1. The van der Waals surface area contributed by atoms with Crippen molar-refractivity contribution < 1.29 is 0 Å². The third-order valence-corrected chi connectivity index (χ3v) is 4.63. The summed E-state index contributed by atoms with van der Waals surface area (Å²) in [5.74, 6) is 1.63. The Hall–Kier alpha value is -0.480. The molecule has 0 bridgehead atoms. The lowest BCUT2D eigenvalue weighted by Gasteiger charge is -2.34. The highest BCUT2D eigenvalue weighted by molar-refractivity contribution is 7.11. The molecule has 0 aromatic carbocycles. The Morgan fingerprint density at radius 2 is 2.12 bits per heavy atom. The molecule has 1 N–H and O–H groups in total. The van der Waals surface area contributed by atoms with Crippen molar-refractivity contribution in [1.29, 1.82) is 0 Å². The first-order valence-electron chi connectivity index (χ1n) is 6.19. The molecule has 1 heterocycles. The summed E-state index contributed by atoms with van der Waals surface area (Å²) in [5.41, 5.74) is 0. The monoisotopic (exact) mass is 239 g/mol. The standard InChI is InChI=1S/C12H21N3S/c1-8-5-4-6-11(9(8)2)13-7-12-15-14-10(3)16-12/h8-9,11,13H,4-7H2,1-3H3/t8-,9+,11-/m1/s1. The molecule has 4 heteroatoms. The quantitative estimate of drug-likeness (QED) is 0.881. The zero-order valence-electron chi connectivity index (χ0n) is 10.4. The third-order valence-electron chi connectivity index (χ3n) is 3.79. The van der Waals surface area contributed by atoms with Gasteiger partial charge in [-0.05, 0) is 25.2 Å². The van der Waals surface area contributed by atoms with Crippen LogP contribution in [0, 0.1) is 18.8 Å². The van der Waals surface area contributed by atoms with Crippen LogP contribution in [0.1, 0.15) is 43.1 Å². The van der Waals surface area contributed by atoms with Gasteiger partial charge in [0.25, 0.3) is 0 Å².